The van der Waals surface area contributed by atoms with Gasteiger partial charge in [0.2, 0.25) is 0 Å². The van der Waals surface area contributed by atoms with Crippen molar-refractivity contribution in [2.45, 2.75) is 13.1 Å². The topological polar surface area (TPSA) is 19.4 Å². The minimum absolute atomic E-state index is 0.931. The van der Waals surface area contributed by atoms with Gasteiger partial charge in [0.05, 0.1) is 5.52 Å². The maximum atomic E-state index is 4.59. The summed E-state index contributed by atoms with van der Waals surface area (Å²) in [5.41, 5.74) is 2.43. The maximum Gasteiger partial charge on any atom is 0.0746 e. The number of pyridine rings is 1. The monoisotopic (exact) mass is 325 g/mol. The van der Waals surface area contributed by atoms with Gasteiger partial charge in [-0.1, -0.05) is 30.3 Å². The van der Waals surface area contributed by atoms with Crippen LogP contribution < -0.4 is 0 Å². The zero-order chi connectivity index (χ0) is 16.1. The lowest BCUT2D eigenvalue weighted by Crippen LogP contribution is -2.31. The highest BCUT2D eigenvalue weighted by molar-refractivity contribution is 7.09. The molecule has 3 rings (SSSR count). The number of benzene rings is 1. The summed E-state index contributed by atoms with van der Waals surface area (Å²) < 4.78 is 0. The van der Waals surface area contributed by atoms with Gasteiger partial charge >= 0.3 is 0 Å². The Labute approximate surface area is 142 Å². The van der Waals surface area contributed by atoms with Crippen LogP contribution in [0.25, 0.3) is 10.9 Å². The molecule has 0 saturated heterocycles. The summed E-state index contributed by atoms with van der Waals surface area (Å²) in [4.78, 5) is 10.8. The second kappa shape index (κ2) is 7.68. The molecule has 23 heavy (non-hydrogen) atoms. The molecule has 120 valence electrons. The molecule has 0 spiro atoms. The van der Waals surface area contributed by atoms with Gasteiger partial charge in [0.25, 0.3) is 0 Å². The van der Waals surface area contributed by atoms with Crippen molar-refractivity contribution in [1.82, 2.24) is 14.8 Å². The Bertz CT molecular complexity index is 732. The number of fused-ring (bicyclic) bond motifs is 1. The van der Waals surface area contributed by atoms with Gasteiger partial charge in [-0.3, -0.25) is 9.88 Å². The molecule has 0 unspecified atom stereocenters. The molecule has 2 aromatic heterocycles. The van der Waals surface area contributed by atoms with Gasteiger partial charge in [0.15, 0.2) is 0 Å². The summed E-state index contributed by atoms with van der Waals surface area (Å²) in [6, 6.07) is 14.9. The average Bonchev–Trinajstić information content (AvgIpc) is 3.06. The van der Waals surface area contributed by atoms with Crippen LogP contribution in [0, 0.1) is 0 Å². The molecule has 4 heteroatoms. The van der Waals surface area contributed by atoms with Crippen molar-refractivity contribution < 1.29 is 0 Å². The highest BCUT2D eigenvalue weighted by atomic mass is 32.1. The summed E-state index contributed by atoms with van der Waals surface area (Å²) in [6.07, 6.45) is 1.88. The minimum atomic E-state index is 0.931. The van der Waals surface area contributed by atoms with Crippen LogP contribution in [-0.4, -0.2) is 42.0 Å². The molecule has 2 heterocycles. The Morgan fingerprint density at radius 1 is 0.957 bits per heavy atom. The van der Waals surface area contributed by atoms with Crippen LogP contribution in [0.15, 0.2) is 54.0 Å². The fourth-order valence-electron chi connectivity index (χ4n) is 2.71. The first kappa shape index (κ1) is 16.1. The van der Waals surface area contributed by atoms with Crippen LogP contribution in [0.3, 0.4) is 0 Å². The molecule has 0 aliphatic heterocycles. The number of nitrogens with zero attached hydrogens (tertiary/aromatic N) is 3. The highest BCUT2D eigenvalue weighted by Crippen LogP contribution is 2.20. The number of aromatic nitrogens is 1. The number of likely N-dealkylation sites (N-methyl/N-ethyl adjacent to an activating group) is 1. The molecular weight excluding hydrogens is 302 g/mol. The van der Waals surface area contributed by atoms with E-state index in [4.69, 9.17) is 0 Å². The normalized spacial score (nSPS) is 11.7. The Morgan fingerprint density at radius 3 is 2.61 bits per heavy atom. The molecule has 0 saturated carbocycles. The van der Waals surface area contributed by atoms with Crippen LogP contribution in [0.4, 0.5) is 0 Å². The predicted octanol–water partition coefficient (Wildman–Crippen LogP) is 3.86. The van der Waals surface area contributed by atoms with Gasteiger partial charge in [-0.05, 0) is 37.2 Å². The third-order valence-electron chi connectivity index (χ3n) is 3.93. The van der Waals surface area contributed by atoms with Crippen molar-refractivity contribution in [3.63, 3.8) is 0 Å². The molecule has 0 aliphatic rings. The van der Waals surface area contributed by atoms with E-state index in [9.17, 15) is 0 Å². The van der Waals surface area contributed by atoms with Gasteiger partial charge in [0, 0.05) is 42.6 Å². The Kier molecular flexibility index (Phi) is 5.39. The van der Waals surface area contributed by atoms with Crippen LogP contribution in [0.2, 0.25) is 0 Å². The van der Waals surface area contributed by atoms with E-state index in [1.54, 1.807) is 0 Å². The molecule has 0 atom stereocenters. The lowest BCUT2D eigenvalue weighted by molar-refractivity contribution is 0.228. The molecule has 1 aromatic carbocycles. The van der Waals surface area contributed by atoms with Crippen LogP contribution in [0.5, 0.6) is 0 Å². The summed E-state index contributed by atoms with van der Waals surface area (Å²) in [7, 11) is 4.26. The maximum absolute atomic E-state index is 4.59. The molecule has 3 aromatic rings. The van der Waals surface area contributed by atoms with E-state index >= 15 is 0 Å². The minimum Gasteiger partial charge on any atom is -0.308 e. The average molecular weight is 325 g/mol. The molecule has 3 nitrogen and oxygen atoms in total. The number of hydrogen-bond acceptors (Lipinski definition) is 4. The molecule has 0 amide bonds. The first-order valence-electron chi connectivity index (χ1n) is 7.94. The van der Waals surface area contributed by atoms with Crippen molar-refractivity contribution in [3.05, 3.63) is 64.5 Å². The molecule has 0 aliphatic carbocycles. The van der Waals surface area contributed by atoms with Crippen molar-refractivity contribution in [3.8, 4) is 0 Å². The number of rotatable bonds is 7. The summed E-state index contributed by atoms with van der Waals surface area (Å²) in [6.45, 7) is 4.03. The summed E-state index contributed by atoms with van der Waals surface area (Å²) >= 11 is 1.83. The third-order valence-corrected chi connectivity index (χ3v) is 4.79. The van der Waals surface area contributed by atoms with E-state index in [1.807, 2.05) is 23.6 Å². The van der Waals surface area contributed by atoms with Crippen LogP contribution >= 0.6 is 11.3 Å². The van der Waals surface area contributed by atoms with E-state index in [1.165, 1.54) is 15.8 Å². The quantitative estimate of drug-likeness (QED) is 0.657. The summed E-state index contributed by atoms with van der Waals surface area (Å²) in [5.74, 6) is 0. The predicted molar refractivity (Wildman–Crippen MR) is 98.7 cm³/mol. The molecule has 0 bridgehead atoms. The third kappa shape index (κ3) is 4.38. The molecule has 0 radical (unpaired) electrons. The van der Waals surface area contributed by atoms with Crippen molar-refractivity contribution >= 4 is 22.2 Å². The van der Waals surface area contributed by atoms with Crippen LogP contribution in [0.1, 0.15) is 10.4 Å². The second-order valence-electron chi connectivity index (χ2n) is 6.09. The Balaban J connectivity index is 1.81. The van der Waals surface area contributed by atoms with E-state index in [2.05, 4.69) is 70.7 Å². The Morgan fingerprint density at radius 2 is 1.83 bits per heavy atom. The van der Waals surface area contributed by atoms with Gasteiger partial charge in [-0.15, -0.1) is 11.3 Å². The van der Waals surface area contributed by atoms with E-state index < -0.39 is 0 Å². The van der Waals surface area contributed by atoms with Crippen LogP contribution in [-0.2, 0) is 13.1 Å². The fourth-order valence-corrected chi connectivity index (χ4v) is 3.46. The van der Waals surface area contributed by atoms with Gasteiger partial charge in [0.1, 0.15) is 0 Å². The van der Waals surface area contributed by atoms with Crippen molar-refractivity contribution in [1.29, 1.82) is 0 Å². The van der Waals surface area contributed by atoms with Gasteiger partial charge < -0.3 is 4.90 Å². The lowest BCUT2D eigenvalue weighted by Gasteiger charge is -2.24. The summed E-state index contributed by atoms with van der Waals surface area (Å²) in [5, 5.41) is 3.37. The van der Waals surface area contributed by atoms with E-state index in [0.717, 1.165) is 31.7 Å². The molecular formula is C19H23N3S. The first-order chi connectivity index (χ1) is 11.2. The van der Waals surface area contributed by atoms with Gasteiger partial charge in [-0.2, -0.15) is 0 Å². The smallest absolute Gasteiger partial charge is 0.0746 e. The SMILES string of the molecule is CN(C)CCN(Cc1cccs1)Cc1cccc2cccnc12. The molecule has 0 fully saturated rings. The zero-order valence-electron chi connectivity index (χ0n) is 13.8. The highest BCUT2D eigenvalue weighted by Gasteiger charge is 2.11. The standard InChI is InChI=1S/C19H23N3S/c1-21(2)11-12-22(15-18-9-5-13-23-18)14-17-7-3-6-16-8-4-10-20-19(16)17/h3-10,13H,11-12,14-15H2,1-2H3. The number of thiophene rings is 1. The zero-order valence-corrected chi connectivity index (χ0v) is 14.6. The van der Waals surface area contributed by atoms with Gasteiger partial charge in [-0.25, -0.2) is 0 Å². The first-order valence-corrected chi connectivity index (χ1v) is 8.82. The van der Waals surface area contributed by atoms with Crippen molar-refractivity contribution in [2.24, 2.45) is 0 Å². The molecule has 0 N–H and O–H groups in total. The van der Waals surface area contributed by atoms with E-state index in [-0.39, 0.29) is 0 Å². The van der Waals surface area contributed by atoms with E-state index in [0.29, 0.717) is 0 Å². The number of hydrogen-bond donors (Lipinski definition) is 0. The second-order valence-corrected chi connectivity index (χ2v) is 7.12. The Hall–Kier alpha value is -1.75. The fraction of sp³-hybridized carbons (Fsp3) is 0.316. The largest absolute Gasteiger partial charge is 0.308 e. The van der Waals surface area contributed by atoms with Crippen molar-refractivity contribution in [2.75, 3.05) is 27.2 Å². The lowest BCUT2D eigenvalue weighted by atomic mass is 10.1. The number of para-hydroxylation sites is 1.